The number of carbonyl (C=O) groups excluding carboxylic acids is 12. The number of halogens is 10. The molecule has 25 nitrogen and oxygen atoms in total. The number of likely N-dealkylation sites (N-methyl/N-ethyl adjacent to an activating group) is 7. The van der Waals surface area contributed by atoms with Crippen molar-refractivity contribution >= 4 is 70.9 Å². The Hall–Kier alpha value is -7.10. The summed E-state index contributed by atoms with van der Waals surface area (Å²) in [6.45, 7) is 4.07. The number of nitrogens with one attached hydrogen (secondary N) is 3. The summed E-state index contributed by atoms with van der Waals surface area (Å²) in [7, 11) is 9.43. The van der Waals surface area contributed by atoms with Crippen molar-refractivity contribution in [1.82, 2.24) is 64.9 Å². The van der Waals surface area contributed by atoms with Crippen molar-refractivity contribution < 1.29 is 101 Å². The Morgan fingerprint density at radius 3 is 1.75 bits per heavy atom. The number of carbonyl (C=O) groups is 12. The molecule has 4 aliphatic carbocycles. The molecule has 12 atom stereocenters. The minimum Gasteiger partial charge on any atom is -0.347 e. The SMILES string of the molecule is CC[C@H](C)[C@@H]1NC(=O)[C@H](CC)N(C)C(=O)C[C@@H](C(=O)N(C)C)N(CC)C(=O)[C@H](C2CCCC2)N(C)C(=O)C2(CCC2)NC(=O)[C@@H]2C[C@H](N3CCC(F)(F)CC3)CN2C(=O)[C@H](CCC2CC(F)C(C(F)(F)F)C(F)C2)NC(=O)CN(C)C(=O)[C@H](CC2CCC(C(F)(F)F)CC2)N2CCCC[C@@H](C2=O)N(C)C(=O)CN(C)C1=O. The molecular weight excluding hydrogens is 1480 g/mol. The third-order valence-electron chi connectivity index (χ3n) is 25.5. The average Bonchev–Trinajstić information content (AvgIpc) is 1.72. The molecule has 0 radical (unpaired) electrons. The fourth-order valence-electron chi connectivity index (χ4n) is 18.3. The van der Waals surface area contributed by atoms with Crippen LogP contribution in [0.1, 0.15) is 188 Å². The highest BCUT2D eigenvalue weighted by Gasteiger charge is 2.57. The van der Waals surface area contributed by atoms with E-state index in [-0.39, 0.29) is 110 Å². The molecule has 35 heteroatoms. The first kappa shape index (κ1) is 89.5. The molecule has 8 fully saturated rings. The number of rotatable bonds is 12. The van der Waals surface area contributed by atoms with Crippen LogP contribution in [0, 0.1) is 35.5 Å². The van der Waals surface area contributed by atoms with Crippen LogP contribution >= 0.6 is 0 Å². The summed E-state index contributed by atoms with van der Waals surface area (Å²) in [4.78, 5) is 194. The lowest BCUT2D eigenvalue weighted by Crippen LogP contribution is -2.68. The Balaban J connectivity index is 1.22. The molecule has 111 heavy (non-hydrogen) atoms. The van der Waals surface area contributed by atoms with E-state index < -0.39 is 249 Å². The third kappa shape index (κ3) is 21.1. The van der Waals surface area contributed by atoms with Crippen molar-refractivity contribution in [3.05, 3.63) is 0 Å². The molecule has 2 bridgehead atoms. The van der Waals surface area contributed by atoms with Gasteiger partial charge >= 0.3 is 12.4 Å². The Kier molecular flexibility index (Phi) is 30.2. The summed E-state index contributed by atoms with van der Waals surface area (Å²) in [6, 6.07) is -12.4. The van der Waals surface area contributed by atoms with Crippen molar-refractivity contribution in [2.45, 2.75) is 279 Å². The lowest BCUT2D eigenvalue weighted by atomic mass is 9.74. The minimum absolute atomic E-state index is 0.00387. The van der Waals surface area contributed by atoms with Gasteiger partial charge in [-0.2, -0.15) is 26.3 Å². The molecule has 1 spiro atoms. The molecule has 8 rings (SSSR count). The first-order chi connectivity index (χ1) is 52.0. The average molecular weight is 1590 g/mol. The predicted molar refractivity (Wildman–Crippen MR) is 386 cm³/mol. The van der Waals surface area contributed by atoms with Gasteiger partial charge < -0.3 is 60.0 Å². The van der Waals surface area contributed by atoms with Crippen molar-refractivity contribution in [2.75, 3.05) is 95.1 Å². The van der Waals surface area contributed by atoms with Crippen LogP contribution in [0.15, 0.2) is 0 Å². The number of likely N-dealkylation sites (tertiary alicyclic amines) is 1. The van der Waals surface area contributed by atoms with Gasteiger partial charge in [0.25, 0.3) is 5.92 Å². The van der Waals surface area contributed by atoms with Gasteiger partial charge in [-0.25, -0.2) is 17.6 Å². The maximum atomic E-state index is 15.8. The minimum atomic E-state index is -5.25. The maximum absolute atomic E-state index is 15.8. The van der Waals surface area contributed by atoms with Crippen LogP contribution in [0.25, 0.3) is 0 Å². The van der Waals surface area contributed by atoms with Crippen LogP contribution in [-0.2, 0) is 57.5 Å². The van der Waals surface area contributed by atoms with Crippen molar-refractivity contribution in [3.8, 4) is 0 Å². The number of piperidine rings is 1. The second-order valence-corrected chi connectivity index (χ2v) is 33.1. The lowest BCUT2D eigenvalue weighted by Gasteiger charge is -2.47. The fourth-order valence-corrected chi connectivity index (χ4v) is 18.3. The molecule has 0 aromatic rings. The number of hydrogen-bond donors (Lipinski definition) is 3. The zero-order chi connectivity index (χ0) is 82.3. The first-order valence-corrected chi connectivity index (χ1v) is 39.9. The molecule has 0 aromatic heterocycles. The predicted octanol–water partition coefficient (Wildman–Crippen LogP) is 6.63. The van der Waals surface area contributed by atoms with E-state index >= 15 is 37.5 Å². The summed E-state index contributed by atoms with van der Waals surface area (Å²) in [5, 5.41) is 8.34. The second kappa shape index (κ2) is 37.5. The van der Waals surface area contributed by atoms with Crippen LogP contribution in [0.3, 0.4) is 0 Å². The highest BCUT2D eigenvalue weighted by molar-refractivity contribution is 6.01. The number of amides is 12. The van der Waals surface area contributed by atoms with E-state index in [0.29, 0.717) is 44.9 Å². The fraction of sp³-hybridized carbons (Fsp3) is 0.842. The number of fused-ring (bicyclic) bond motifs is 3. The van der Waals surface area contributed by atoms with E-state index in [0.717, 1.165) is 24.5 Å². The smallest absolute Gasteiger partial charge is 0.347 e. The van der Waals surface area contributed by atoms with Gasteiger partial charge in [-0.05, 0) is 153 Å². The zero-order valence-corrected chi connectivity index (χ0v) is 66.1. The van der Waals surface area contributed by atoms with Gasteiger partial charge in [-0.3, -0.25) is 62.4 Å². The van der Waals surface area contributed by atoms with E-state index in [2.05, 4.69) is 16.0 Å². The number of alkyl halides is 10. The summed E-state index contributed by atoms with van der Waals surface area (Å²) >= 11 is 0. The molecule has 2 unspecified atom stereocenters. The summed E-state index contributed by atoms with van der Waals surface area (Å²) < 4.78 is 145. The van der Waals surface area contributed by atoms with Crippen molar-refractivity contribution in [2.24, 2.45) is 35.5 Å². The van der Waals surface area contributed by atoms with E-state index in [4.69, 9.17) is 0 Å². The molecule has 0 aromatic carbocycles. The van der Waals surface area contributed by atoms with Crippen LogP contribution < -0.4 is 16.0 Å². The maximum Gasteiger partial charge on any atom is 0.397 e. The topological polar surface area (TPSA) is 273 Å². The number of nitrogens with zero attached hydrogens (tertiary/aromatic N) is 10. The molecule has 4 saturated carbocycles. The monoisotopic (exact) mass is 1590 g/mol. The van der Waals surface area contributed by atoms with Gasteiger partial charge in [0.15, 0.2) is 0 Å². The summed E-state index contributed by atoms with van der Waals surface area (Å²) in [5.74, 6) is -20.3. The molecule has 4 heterocycles. The van der Waals surface area contributed by atoms with Crippen LogP contribution in [0.4, 0.5) is 43.9 Å². The van der Waals surface area contributed by atoms with Gasteiger partial charge in [0, 0.05) is 101 Å². The molecule has 628 valence electrons. The number of hydrogen-bond acceptors (Lipinski definition) is 13. The third-order valence-corrected chi connectivity index (χ3v) is 25.5. The molecule has 8 aliphatic rings. The van der Waals surface area contributed by atoms with Gasteiger partial charge in [0.1, 0.15) is 72.1 Å². The highest BCUT2D eigenvalue weighted by Crippen LogP contribution is 2.46. The largest absolute Gasteiger partial charge is 0.397 e. The van der Waals surface area contributed by atoms with Crippen LogP contribution in [-0.4, -0.2) is 306 Å². The first-order valence-electron chi connectivity index (χ1n) is 39.9. The normalized spacial score (nSPS) is 32.6. The van der Waals surface area contributed by atoms with E-state index in [1.165, 1.54) is 68.9 Å². The van der Waals surface area contributed by atoms with Crippen LogP contribution in [0.2, 0.25) is 0 Å². The lowest BCUT2D eigenvalue weighted by molar-refractivity contribution is -0.219. The molecular formula is C76H117F10N13O12. The Bertz CT molecular complexity index is 3320. The standard InChI is InChI=1S/C76H117F10N13O12/c1-12-44(4)62-70(109)92(8)43-60(102)94(10)54-22-17-18-33-98(69(54)108)56(38-45-23-26-48(27-24-45)75(81,82)83)68(107)91(7)42-58(100)87-52(28-25-46-36-50(77)61(51(78)37-46)76(84,85)86)66(105)99-41-49(96-34-31-74(79,80)32-35-96)39-55(99)65(104)89-73(29-19-30-73)72(111)95(11)63(47-20-15-16-21-47)71(110)97(14-3)57(67(106)90(5)6)40-59(101)93(9)53(13-2)64(103)88-62/h44-57,61-63H,12-43H2,1-11H3,(H,87,100)(H,88,103)(H,89,104)/t44-,45?,46?,48?,49-,50?,51?,52-,53-,54-,55-,56-,57-,61?,62-,63-/m0/s1. The van der Waals surface area contributed by atoms with Gasteiger partial charge in [-0.15, -0.1) is 0 Å². The van der Waals surface area contributed by atoms with Gasteiger partial charge in [-0.1, -0.05) is 40.0 Å². The Labute approximate surface area is 644 Å². The van der Waals surface area contributed by atoms with Crippen molar-refractivity contribution in [3.63, 3.8) is 0 Å². The van der Waals surface area contributed by atoms with Crippen molar-refractivity contribution in [1.29, 1.82) is 0 Å². The van der Waals surface area contributed by atoms with E-state index in [9.17, 15) is 63.9 Å². The van der Waals surface area contributed by atoms with Crippen LogP contribution in [0.5, 0.6) is 0 Å². The summed E-state index contributed by atoms with van der Waals surface area (Å²) in [5.41, 5.74) is -1.77. The Morgan fingerprint density at radius 2 is 1.20 bits per heavy atom. The molecule has 4 saturated heterocycles. The van der Waals surface area contributed by atoms with E-state index in [1.807, 2.05) is 0 Å². The molecule has 4 aliphatic heterocycles. The van der Waals surface area contributed by atoms with Gasteiger partial charge in [0.05, 0.1) is 25.4 Å². The zero-order valence-electron chi connectivity index (χ0n) is 66.1. The molecule has 12 amide bonds. The van der Waals surface area contributed by atoms with E-state index in [1.54, 1.807) is 32.6 Å². The second-order valence-electron chi connectivity index (χ2n) is 33.1. The molecule has 3 N–H and O–H groups in total. The quantitative estimate of drug-likeness (QED) is 0.173. The highest BCUT2D eigenvalue weighted by atomic mass is 19.4. The Morgan fingerprint density at radius 1 is 0.595 bits per heavy atom. The summed E-state index contributed by atoms with van der Waals surface area (Å²) in [6.07, 6.45) is -17.2. The van der Waals surface area contributed by atoms with Gasteiger partial charge in [0.2, 0.25) is 70.9 Å².